The Morgan fingerprint density at radius 2 is 2.22 bits per heavy atom. The Hall–Kier alpha value is -1.75. The molecule has 1 aliphatic rings. The largest absolute Gasteiger partial charge is 0.392 e. The maximum Gasteiger partial charge on any atom is 0.232 e. The first kappa shape index (κ1) is 11.3. The standard InChI is InChI=1S/C13H13FN2O2/c14-9-4-1-3-8(7-9)12-15-13(18-16-12)10-5-2-6-11(10)17/h1,3-4,7,10-11,17H,2,5-6H2. The zero-order chi connectivity index (χ0) is 12.5. The molecule has 0 radical (unpaired) electrons. The number of aliphatic hydroxyl groups is 1. The maximum atomic E-state index is 13.1. The van der Waals surface area contributed by atoms with Gasteiger partial charge in [0.1, 0.15) is 5.82 Å². The van der Waals surface area contributed by atoms with Crippen LogP contribution in [-0.2, 0) is 0 Å². The van der Waals surface area contributed by atoms with Crippen molar-refractivity contribution in [3.63, 3.8) is 0 Å². The monoisotopic (exact) mass is 248 g/mol. The molecule has 0 amide bonds. The Balaban J connectivity index is 1.89. The second-order valence-electron chi connectivity index (χ2n) is 4.57. The Morgan fingerprint density at radius 1 is 1.33 bits per heavy atom. The molecule has 0 bridgehead atoms. The van der Waals surface area contributed by atoms with Gasteiger partial charge in [0.05, 0.1) is 12.0 Å². The molecule has 2 aromatic rings. The summed E-state index contributed by atoms with van der Waals surface area (Å²) in [5.74, 6) is 0.391. The predicted octanol–water partition coefficient (Wildman–Crippen LogP) is 2.50. The average Bonchev–Trinajstić information content (AvgIpc) is 2.97. The highest BCUT2D eigenvalue weighted by Crippen LogP contribution is 2.34. The number of benzene rings is 1. The minimum atomic E-state index is -0.411. The lowest BCUT2D eigenvalue weighted by Crippen LogP contribution is -2.11. The van der Waals surface area contributed by atoms with Crippen LogP contribution in [0.3, 0.4) is 0 Å². The van der Waals surface area contributed by atoms with E-state index in [1.54, 1.807) is 12.1 Å². The van der Waals surface area contributed by atoms with Gasteiger partial charge in [-0.1, -0.05) is 17.3 Å². The lowest BCUT2D eigenvalue weighted by Gasteiger charge is -2.07. The third kappa shape index (κ3) is 2.01. The van der Waals surface area contributed by atoms with Gasteiger partial charge < -0.3 is 9.63 Å². The van der Waals surface area contributed by atoms with Crippen LogP contribution in [0.5, 0.6) is 0 Å². The maximum absolute atomic E-state index is 13.1. The summed E-state index contributed by atoms with van der Waals surface area (Å²) >= 11 is 0. The van der Waals surface area contributed by atoms with Gasteiger partial charge in [0, 0.05) is 5.56 Å². The fraction of sp³-hybridized carbons (Fsp3) is 0.385. The zero-order valence-corrected chi connectivity index (χ0v) is 9.71. The fourth-order valence-electron chi connectivity index (χ4n) is 2.36. The van der Waals surface area contributed by atoms with E-state index in [9.17, 15) is 9.50 Å². The Morgan fingerprint density at radius 3 is 2.94 bits per heavy atom. The molecule has 2 atom stereocenters. The van der Waals surface area contributed by atoms with Gasteiger partial charge in [-0.15, -0.1) is 0 Å². The van der Waals surface area contributed by atoms with E-state index in [4.69, 9.17) is 4.52 Å². The molecule has 2 unspecified atom stereocenters. The molecule has 18 heavy (non-hydrogen) atoms. The van der Waals surface area contributed by atoms with Crippen LogP contribution in [0.25, 0.3) is 11.4 Å². The van der Waals surface area contributed by atoms with E-state index in [0.29, 0.717) is 17.3 Å². The summed E-state index contributed by atoms with van der Waals surface area (Å²) in [5, 5.41) is 13.6. The highest BCUT2D eigenvalue weighted by molar-refractivity contribution is 5.53. The number of aromatic nitrogens is 2. The van der Waals surface area contributed by atoms with Crippen LogP contribution in [0.4, 0.5) is 4.39 Å². The van der Waals surface area contributed by atoms with Gasteiger partial charge in [0.25, 0.3) is 0 Å². The average molecular weight is 248 g/mol. The fourth-order valence-corrected chi connectivity index (χ4v) is 2.36. The Bertz CT molecular complexity index is 555. The molecule has 3 rings (SSSR count). The van der Waals surface area contributed by atoms with Crippen molar-refractivity contribution in [3.8, 4) is 11.4 Å². The topological polar surface area (TPSA) is 59.2 Å². The lowest BCUT2D eigenvalue weighted by molar-refractivity contribution is 0.148. The first-order valence-corrected chi connectivity index (χ1v) is 6.01. The molecule has 1 aromatic carbocycles. The molecule has 1 heterocycles. The van der Waals surface area contributed by atoms with Crippen molar-refractivity contribution in [1.82, 2.24) is 10.1 Å². The number of hydrogen-bond donors (Lipinski definition) is 1. The summed E-state index contributed by atoms with van der Waals surface area (Å²) in [5.41, 5.74) is 0.581. The van der Waals surface area contributed by atoms with Crippen LogP contribution in [0.1, 0.15) is 31.1 Å². The highest BCUT2D eigenvalue weighted by atomic mass is 19.1. The van der Waals surface area contributed by atoms with Crippen LogP contribution in [0.2, 0.25) is 0 Å². The van der Waals surface area contributed by atoms with E-state index in [0.717, 1.165) is 19.3 Å². The van der Waals surface area contributed by atoms with Gasteiger partial charge >= 0.3 is 0 Å². The van der Waals surface area contributed by atoms with Crippen molar-refractivity contribution in [1.29, 1.82) is 0 Å². The molecule has 0 saturated heterocycles. The number of nitrogens with zero attached hydrogens (tertiary/aromatic N) is 2. The molecule has 0 spiro atoms. The van der Waals surface area contributed by atoms with Crippen LogP contribution in [0, 0.1) is 5.82 Å². The molecule has 1 N–H and O–H groups in total. The minimum absolute atomic E-state index is 0.0835. The Kier molecular flexibility index (Phi) is 2.83. The van der Waals surface area contributed by atoms with E-state index in [1.807, 2.05) is 0 Å². The molecule has 0 aliphatic heterocycles. The third-order valence-corrected chi connectivity index (χ3v) is 3.32. The second-order valence-corrected chi connectivity index (χ2v) is 4.57. The van der Waals surface area contributed by atoms with Gasteiger partial charge in [-0.2, -0.15) is 4.98 Å². The third-order valence-electron chi connectivity index (χ3n) is 3.32. The summed E-state index contributed by atoms with van der Waals surface area (Å²) in [7, 11) is 0. The number of hydrogen-bond acceptors (Lipinski definition) is 4. The van der Waals surface area contributed by atoms with Crippen molar-refractivity contribution in [2.75, 3.05) is 0 Å². The van der Waals surface area contributed by atoms with Crippen LogP contribution < -0.4 is 0 Å². The van der Waals surface area contributed by atoms with Crippen LogP contribution in [-0.4, -0.2) is 21.4 Å². The summed E-state index contributed by atoms with van der Waals surface area (Å²) in [4.78, 5) is 4.25. The van der Waals surface area contributed by atoms with Gasteiger partial charge in [0.2, 0.25) is 11.7 Å². The first-order chi connectivity index (χ1) is 8.74. The predicted molar refractivity (Wildman–Crippen MR) is 62.3 cm³/mol. The van der Waals surface area contributed by atoms with Gasteiger partial charge in [-0.05, 0) is 31.4 Å². The molecule has 1 aliphatic carbocycles. The molecule has 1 fully saturated rings. The highest BCUT2D eigenvalue weighted by Gasteiger charge is 2.31. The molecule has 94 valence electrons. The van der Waals surface area contributed by atoms with E-state index in [-0.39, 0.29) is 11.7 Å². The van der Waals surface area contributed by atoms with Crippen molar-refractivity contribution in [2.45, 2.75) is 31.3 Å². The Labute approximate surface area is 103 Å². The van der Waals surface area contributed by atoms with E-state index in [2.05, 4.69) is 10.1 Å². The van der Waals surface area contributed by atoms with Crippen molar-refractivity contribution in [3.05, 3.63) is 36.0 Å². The summed E-state index contributed by atoms with van der Waals surface area (Å²) in [6.45, 7) is 0. The quantitative estimate of drug-likeness (QED) is 0.887. The zero-order valence-electron chi connectivity index (χ0n) is 9.71. The minimum Gasteiger partial charge on any atom is -0.392 e. The van der Waals surface area contributed by atoms with Crippen molar-refractivity contribution < 1.29 is 14.0 Å². The van der Waals surface area contributed by atoms with Gasteiger partial charge in [-0.25, -0.2) is 4.39 Å². The summed E-state index contributed by atoms with van der Waals surface area (Å²) < 4.78 is 18.3. The molecule has 5 heteroatoms. The van der Waals surface area contributed by atoms with Crippen LogP contribution in [0.15, 0.2) is 28.8 Å². The van der Waals surface area contributed by atoms with Crippen molar-refractivity contribution >= 4 is 0 Å². The van der Waals surface area contributed by atoms with Gasteiger partial charge in [0.15, 0.2) is 0 Å². The number of aliphatic hydroxyl groups excluding tert-OH is 1. The molecular weight excluding hydrogens is 235 g/mol. The SMILES string of the molecule is OC1CCCC1c1nc(-c2cccc(F)c2)no1. The van der Waals surface area contributed by atoms with Crippen LogP contribution >= 0.6 is 0 Å². The van der Waals surface area contributed by atoms with Crippen molar-refractivity contribution in [2.24, 2.45) is 0 Å². The smallest absolute Gasteiger partial charge is 0.232 e. The first-order valence-electron chi connectivity index (χ1n) is 6.01. The molecule has 1 aromatic heterocycles. The van der Waals surface area contributed by atoms with E-state index in [1.165, 1.54) is 12.1 Å². The molecule has 1 saturated carbocycles. The second kappa shape index (κ2) is 4.49. The molecular formula is C13H13FN2O2. The molecule has 4 nitrogen and oxygen atoms in total. The number of rotatable bonds is 2. The number of halogens is 1. The summed E-state index contributed by atoms with van der Waals surface area (Å²) in [6, 6.07) is 6.05. The van der Waals surface area contributed by atoms with E-state index < -0.39 is 6.10 Å². The summed E-state index contributed by atoms with van der Waals surface area (Å²) in [6.07, 6.45) is 2.17. The van der Waals surface area contributed by atoms with Gasteiger partial charge in [-0.3, -0.25) is 0 Å². The van der Waals surface area contributed by atoms with E-state index >= 15 is 0 Å². The normalized spacial score (nSPS) is 23.4. The lowest BCUT2D eigenvalue weighted by atomic mass is 10.1.